The van der Waals surface area contributed by atoms with Crippen LogP contribution in [0.3, 0.4) is 0 Å². The Balaban J connectivity index is 1.29. The summed E-state index contributed by atoms with van der Waals surface area (Å²) in [5.74, 6) is -1.09. The fraction of sp³-hybridized carbons (Fsp3) is 0.414. The highest BCUT2D eigenvalue weighted by molar-refractivity contribution is 7.92. The van der Waals surface area contributed by atoms with E-state index < -0.39 is 32.1 Å². The Labute approximate surface area is 230 Å². The van der Waals surface area contributed by atoms with E-state index in [1.165, 1.54) is 24.5 Å². The molecule has 0 N–H and O–H groups in total. The second kappa shape index (κ2) is 8.45. The van der Waals surface area contributed by atoms with E-state index in [0.717, 1.165) is 24.1 Å². The molecule has 7 rings (SSSR count). The number of aromatic nitrogens is 5. The molecule has 3 atom stereocenters. The number of oxazole rings is 1. The third-order valence-electron chi connectivity index (χ3n) is 9.31. The van der Waals surface area contributed by atoms with Crippen molar-refractivity contribution in [1.82, 2.24) is 25.1 Å². The van der Waals surface area contributed by atoms with Crippen LogP contribution in [0.4, 0.5) is 8.78 Å². The lowest BCUT2D eigenvalue weighted by Crippen LogP contribution is -2.38. The van der Waals surface area contributed by atoms with Crippen LogP contribution >= 0.6 is 0 Å². The summed E-state index contributed by atoms with van der Waals surface area (Å²) in [6.07, 6.45) is 7.60. The molecule has 0 radical (unpaired) electrons. The summed E-state index contributed by atoms with van der Waals surface area (Å²) in [6.45, 7) is 5.93. The summed E-state index contributed by atoms with van der Waals surface area (Å²) in [4.78, 5) is 13.9. The number of fused-ring (bicyclic) bond motifs is 5. The van der Waals surface area contributed by atoms with Crippen LogP contribution in [0, 0.1) is 17.0 Å². The van der Waals surface area contributed by atoms with Gasteiger partial charge in [0.05, 0.1) is 45.2 Å². The molecule has 3 aliphatic carbocycles. The maximum Gasteiger partial charge on any atom is 0.246 e. The first-order valence-corrected chi connectivity index (χ1v) is 15.0. The lowest BCUT2D eigenvalue weighted by molar-refractivity contribution is 0.242. The molecule has 4 aromatic rings. The van der Waals surface area contributed by atoms with Gasteiger partial charge in [0, 0.05) is 6.20 Å². The number of halogens is 2. The van der Waals surface area contributed by atoms with Gasteiger partial charge in [-0.1, -0.05) is 19.9 Å². The molecule has 11 heteroatoms. The number of hydrogen-bond acceptors (Lipinski definition) is 8. The van der Waals surface area contributed by atoms with Crippen LogP contribution in [-0.4, -0.2) is 38.8 Å². The van der Waals surface area contributed by atoms with Crippen LogP contribution in [-0.2, 0) is 15.3 Å². The highest BCUT2D eigenvalue weighted by atomic mass is 32.2. The number of hydrogen-bond donors (Lipinski definition) is 0. The first-order valence-electron chi connectivity index (χ1n) is 13.4. The zero-order chi connectivity index (χ0) is 28.0. The molecule has 0 saturated heterocycles. The molecule has 0 unspecified atom stereocenters. The highest BCUT2D eigenvalue weighted by Gasteiger charge is 2.65. The van der Waals surface area contributed by atoms with Crippen molar-refractivity contribution in [2.24, 2.45) is 5.41 Å². The standard InChI is InChI=1S/C29H27F2N5O3S/c1-15(40(37,38)16-7-8-16)23-14-39-27(34-23)22-12-32-13-24(33-22)29-10-9-18(28(29,2)3)17-11-21(35-36-26(17)29)25-19(30)5-4-6-20(25)31/h4-6,11-16,18H,7-10H2,1-3H3/t15-,18+,29+/m1/s1. The van der Waals surface area contributed by atoms with Crippen LogP contribution in [0.15, 0.2) is 47.3 Å². The van der Waals surface area contributed by atoms with E-state index in [1.807, 2.05) is 0 Å². The molecule has 3 aliphatic rings. The topological polar surface area (TPSA) is 112 Å². The third-order valence-corrected chi connectivity index (χ3v) is 11.9. The summed E-state index contributed by atoms with van der Waals surface area (Å²) in [5, 5.41) is 7.77. The van der Waals surface area contributed by atoms with E-state index in [-0.39, 0.29) is 33.7 Å². The van der Waals surface area contributed by atoms with Crippen molar-refractivity contribution in [3.8, 4) is 22.8 Å². The Hall–Kier alpha value is -3.60. The average molecular weight is 564 g/mol. The molecular formula is C29H27F2N5O3S. The Morgan fingerprint density at radius 3 is 2.50 bits per heavy atom. The molecule has 2 fully saturated rings. The number of nitrogens with zero attached hydrogens (tertiary/aromatic N) is 5. The van der Waals surface area contributed by atoms with Crippen LogP contribution in [0.1, 0.15) is 80.3 Å². The number of benzene rings is 1. The molecule has 206 valence electrons. The van der Waals surface area contributed by atoms with Crippen LogP contribution in [0.5, 0.6) is 0 Å². The zero-order valence-corrected chi connectivity index (χ0v) is 23.0. The monoisotopic (exact) mass is 563 g/mol. The minimum atomic E-state index is -3.32. The van der Waals surface area contributed by atoms with Crippen molar-refractivity contribution in [3.05, 3.63) is 77.2 Å². The van der Waals surface area contributed by atoms with Gasteiger partial charge in [-0.05, 0) is 67.7 Å². The van der Waals surface area contributed by atoms with Gasteiger partial charge in [-0.25, -0.2) is 27.2 Å². The van der Waals surface area contributed by atoms with Gasteiger partial charge in [0.15, 0.2) is 9.84 Å². The summed E-state index contributed by atoms with van der Waals surface area (Å²) in [7, 11) is -3.32. The van der Waals surface area contributed by atoms with Crippen molar-refractivity contribution >= 4 is 9.84 Å². The van der Waals surface area contributed by atoms with Crippen LogP contribution < -0.4 is 0 Å². The lowest BCUT2D eigenvalue weighted by Gasteiger charge is -2.37. The number of rotatable bonds is 6. The van der Waals surface area contributed by atoms with Crippen LogP contribution in [0.2, 0.25) is 0 Å². The molecule has 0 aliphatic heterocycles. The lowest BCUT2D eigenvalue weighted by atomic mass is 9.66. The van der Waals surface area contributed by atoms with Crippen molar-refractivity contribution in [2.45, 2.75) is 68.3 Å². The molecule has 1 aromatic carbocycles. The fourth-order valence-corrected chi connectivity index (χ4v) is 8.69. The Morgan fingerprint density at radius 2 is 1.77 bits per heavy atom. The predicted octanol–water partition coefficient (Wildman–Crippen LogP) is 5.71. The quantitative estimate of drug-likeness (QED) is 0.293. The van der Waals surface area contributed by atoms with Crippen molar-refractivity contribution < 1.29 is 21.6 Å². The van der Waals surface area contributed by atoms with Gasteiger partial charge in [-0.2, -0.15) is 5.10 Å². The maximum atomic E-state index is 14.6. The van der Waals surface area contributed by atoms with E-state index in [1.54, 1.807) is 25.4 Å². The molecule has 0 spiro atoms. The molecule has 8 nitrogen and oxygen atoms in total. The third kappa shape index (κ3) is 3.39. The summed E-state index contributed by atoms with van der Waals surface area (Å²) in [6, 6.07) is 5.51. The largest absolute Gasteiger partial charge is 0.443 e. The molecular weight excluding hydrogens is 536 g/mol. The fourth-order valence-electron chi connectivity index (χ4n) is 6.88. The minimum absolute atomic E-state index is 0.0823. The predicted molar refractivity (Wildman–Crippen MR) is 142 cm³/mol. The van der Waals surface area contributed by atoms with Gasteiger partial charge in [-0.3, -0.25) is 4.98 Å². The highest BCUT2D eigenvalue weighted by Crippen LogP contribution is 2.69. The van der Waals surface area contributed by atoms with Crippen molar-refractivity contribution in [3.63, 3.8) is 0 Å². The van der Waals surface area contributed by atoms with Crippen molar-refractivity contribution in [1.29, 1.82) is 0 Å². The van der Waals surface area contributed by atoms with Crippen molar-refractivity contribution in [2.75, 3.05) is 0 Å². The van der Waals surface area contributed by atoms with Crippen LogP contribution in [0.25, 0.3) is 22.8 Å². The van der Waals surface area contributed by atoms with Gasteiger partial charge in [-0.15, -0.1) is 5.10 Å². The van der Waals surface area contributed by atoms with Gasteiger partial charge < -0.3 is 4.42 Å². The summed E-state index contributed by atoms with van der Waals surface area (Å²) in [5.41, 5.74) is 2.06. The normalized spacial score (nSPS) is 23.8. The van der Waals surface area contributed by atoms with Gasteiger partial charge >= 0.3 is 0 Å². The summed E-state index contributed by atoms with van der Waals surface area (Å²) >= 11 is 0. The average Bonchev–Trinajstić information content (AvgIpc) is 3.58. The molecule has 3 aromatic heterocycles. The second-order valence-electron chi connectivity index (χ2n) is 11.6. The SMILES string of the molecule is C[C@H](c1coc(-c2cncc([C@@]34CC[C@@H](c5cc(-c6c(F)cccc6F)nnc53)C4(C)C)n2)n1)S(=O)(=O)C1CC1. The Morgan fingerprint density at radius 1 is 1.02 bits per heavy atom. The van der Waals surface area contributed by atoms with Gasteiger partial charge in [0.1, 0.15) is 28.8 Å². The first-order chi connectivity index (χ1) is 19.1. The van der Waals surface area contributed by atoms with E-state index in [0.29, 0.717) is 29.9 Å². The first kappa shape index (κ1) is 25.4. The molecule has 40 heavy (non-hydrogen) atoms. The van der Waals surface area contributed by atoms with E-state index in [2.05, 4.69) is 34.0 Å². The molecule has 3 heterocycles. The molecule has 2 bridgehead atoms. The molecule has 0 amide bonds. The Kier molecular flexibility index (Phi) is 5.36. The molecule has 2 saturated carbocycles. The van der Waals surface area contributed by atoms with Gasteiger partial charge in [0.2, 0.25) is 5.89 Å². The van der Waals surface area contributed by atoms with E-state index >= 15 is 0 Å². The van der Waals surface area contributed by atoms with E-state index in [4.69, 9.17) is 9.40 Å². The second-order valence-corrected chi connectivity index (χ2v) is 14.2. The summed E-state index contributed by atoms with van der Waals surface area (Å²) < 4.78 is 60.3. The van der Waals surface area contributed by atoms with E-state index in [9.17, 15) is 17.2 Å². The smallest absolute Gasteiger partial charge is 0.246 e. The maximum absolute atomic E-state index is 14.6. The minimum Gasteiger partial charge on any atom is -0.443 e. The van der Waals surface area contributed by atoms with Gasteiger partial charge in [0.25, 0.3) is 0 Å². The number of sulfone groups is 1. The zero-order valence-electron chi connectivity index (χ0n) is 22.2. The Bertz CT molecular complexity index is 1770.